The summed E-state index contributed by atoms with van der Waals surface area (Å²) in [5.74, 6) is -0.560. The number of thioether (sulfide) groups is 1. The van der Waals surface area contributed by atoms with Crippen molar-refractivity contribution >= 4 is 35.0 Å². The molecule has 0 spiro atoms. The zero-order valence-corrected chi connectivity index (χ0v) is 13.2. The number of ether oxygens (including phenoxy) is 2. The maximum absolute atomic E-state index is 12.3. The summed E-state index contributed by atoms with van der Waals surface area (Å²) >= 11 is 0.787. The summed E-state index contributed by atoms with van der Waals surface area (Å²) in [6, 6.07) is 6.18. The van der Waals surface area contributed by atoms with Crippen molar-refractivity contribution < 1.29 is 23.9 Å². The molecule has 1 unspecified atom stereocenters. The molecule has 0 saturated carbocycles. The van der Waals surface area contributed by atoms with Gasteiger partial charge in [-0.2, -0.15) is 0 Å². The number of carbonyl (C=O) groups is 3. The Bertz CT molecular complexity index is 655. The van der Waals surface area contributed by atoms with Crippen LogP contribution in [0.25, 0.3) is 6.08 Å². The number of nitrogens with zero attached hydrogens (tertiary/aromatic N) is 1. The third-order valence-electron chi connectivity index (χ3n) is 3.18. The average molecular weight is 321 g/mol. The van der Waals surface area contributed by atoms with Crippen molar-refractivity contribution in [3.63, 3.8) is 0 Å². The summed E-state index contributed by atoms with van der Waals surface area (Å²) in [4.78, 5) is 37.0. The number of benzene rings is 1. The summed E-state index contributed by atoms with van der Waals surface area (Å²) < 4.78 is 9.79. The molecule has 1 atom stereocenters. The lowest BCUT2D eigenvalue weighted by Gasteiger charge is -2.18. The van der Waals surface area contributed by atoms with Crippen LogP contribution in [0.2, 0.25) is 0 Å². The number of hydrogen-bond acceptors (Lipinski definition) is 6. The smallest absolute Gasteiger partial charge is 0.328 e. The van der Waals surface area contributed by atoms with Crippen LogP contribution >= 0.6 is 11.8 Å². The second-order valence-electron chi connectivity index (χ2n) is 4.49. The third kappa shape index (κ3) is 2.99. The van der Waals surface area contributed by atoms with Crippen molar-refractivity contribution in [2.45, 2.75) is 13.0 Å². The number of methoxy groups -OCH3 is 2. The summed E-state index contributed by atoms with van der Waals surface area (Å²) in [5, 5.41) is -0.496. The van der Waals surface area contributed by atoms with E-state index >= 15 is 0 Å². The minimum atomic E-state index is -0.957. The van der Waals surface area contributed by atoms with Crippen molar-refractivity contribution in [1.29, 1.82) is 0 Å². The van der Waals surface area contributed by atoms with Crippen LogP contribution in [0, 0.1) is 0 Å². The molecule has 1 aliphatic heterocycles. The minimum Gasteiger partial charge on any atom is -0.496 e. The predicted octanol–water partition coefficient (Wildman–Crippen LogP) is 2.29. The quantitative estimate of drug-likeness (QED) is 0.626. The first-order valence-corrected chi connectivity index (χ1v) is 7.29. The van der Waals surface area contributed by atoms with E-state index in [2.05, 4.69) is 4.74 Å². The zero-order valence-electron chi connectivity index (χ0n) is 12.4. The molecule has 7 heteroatoms. The second kappa shape index (κ2) is 6.65. The Hall–Kier alpha value is -2.28. The third-order valence-corrected chi connectivity index (χ3v) is 4.06. The SMILES string of the molecule is COC(=O)C(C)N1C(=O)SC(=Cc2ccccc2OC)C1=O. The molecule has 0 N–H and O–H groups in total. The molecule has 0 aliphatic carbocycles. The molecule has 1 aliphatic rings. The number of hydrogen-bond donors (Lipinski definition) is 0. The van der Waals surface area contributed by atoms with Gasteiger partial charge in [-0.3, -0.25) is 14.5 Å². The first-order valence-electron chi connectivity index (χ1n) is 6.47. The lowest BCUT2D eigenvalue weighted by Crippen LogP contribution is -2.42. The van der Waals surface area contributed by atoms with Crippen molar-refractivity contribution in [3.8, 4) is 5.75 Å². The largest absolute Gasteiger partial charge is 0.496 e. The van der Waals surface area contributed by atoms with Crippen LogP contribution in [-0.2, 0) is 14.3 Å². The van der Waals surface area contributed by atoms with E-state index in [0.717, 1.165) is 16.7 Å². The fourth-order valence-corrected chi connectivity index (χ4v) is 2.92. The standard InChI is InChI=1S/C15H15NO5S/c1-9(14(18)21-3)16-13(17)12(22-15(16)19)8-10-6-4-5-7-11(10)20-2/h4-9H,1-3H3. The molecule has 0 radical (unpaired) electrons. The Kier molecular flexibility index (Phi) is 4.87. The van der Waals surface area contributed by atoms with E-state index < -0.39 is 23.2 Å². The number of carbonyl (C=O) groups excluding carboxylic acids is 3. The Balaban J connectivity index is 2.32. The maximum Gasteiger partial charge on any atom is 0.328 e. The summed E-state index contributed by atoms with van der Waals surface area (Å²) in [6.45, 7) is 1.45. The molecule has 1 fully saturated rings. The lowest BCUT2D eigenvalue weighted by molar-refractivity contribution is -0.148. The van der Waals surface area contributed by atoms with Gasteiger partial charge in [0.15, 0.2) is 0 Å². The normalized spacial score (nSPS) is 17.8. The molecule has 1 aromatic carbocycles. The van der Waals surface area contributed by atoms with E-state index in [0.29, 0.717) is 11.3 Å². The highest BCUT2D eigenvalue weighted by atomic mass is 32.2. The van der Waals surface area contributed by atoms with E-state index in [9.17, 15) is 14.4 Å². The van der Waals surface area contributed by atoms with E-state index in [1.165, 1.54) is 21.1 Å². The van der Waals surface area contributed by atoms with Crippen LogP contribution in [0.4, 0.5) is 4.79 Å². The van der Waals surface area contributed by atoms with Gasteiger partial charge in [0.05, 0.1) is 19.1 Å². The first kappa shape index (κ1) is 16.1. The number of rotatable bonds is 4. The molecule has 22 heavy (non-hydrogen) atoms. The highest BCUT2D eigenvalue weighted by molar-refractivity contribution is 8.18. The number of esters is 1. The van der Waals surface area contributed by atoms with Gasteiger partial charge in [0.2, 0.25) is 0 Å². The molecule has 1 heterocycles. The van der Waals surface area contributed by atoms with Crippen LogP contribution in [0.15, 0.2) is 29.2 Å². The van der Waals surface area contributed by atoms with E-state index in [-0.39, 0.29) is 4.91 Å². The Labute approximate surface area is 132 Å². The van der Waals surface area contributed by atoms with Crippen molar-refractivity contribution in [1.82, 2.24) is 4.90 Å². The van der Waals surface area contributed by atoms with E-state index in [1.54, 1.807) is 30.3 Å². The highest BCUT2D eigenvalue weighted by Gasteiger charge is 2.41. The van der Waals surface area contributed by atoms with Gasteiger partial charge in [-0.15, -0.1) is 0 Å². The summed E-state index contributed by atoms with van der Waals surface area (Å²) in [5.41, 5.74) is 0.682. The maximum atomic E-state index is 12.3. The Morgan fingerprint density at radius 3 is 2.59 bits per heavy atom. The van der Waals surface area contributed by atoms with Crippen molar-refractivity contribution in [2.75, 3.05) is 14.2 Å². The first-order chi connectivity index (χ1) is 10.5. The van der Waals surface area contributed by atoms with Crippen molar-refractivity contribution in [3.05, 3.63) is 34.7 Å². The van der Waals surface area contributed by atoms with Crippen LogP contribution in [0.3, 0.4) is 0 Å². The molecule has 2 rings (SSSR count). The van der Waals surface area contributed by atoms with Gasteiger partial charge in [-0.05, 0) is 30.8 Å². The molecular weight excluding hydrogens is 306 g/mol. The van der Waals surface area contributed by atoms with Crippen LogP contribution < -0.4 is 4.74 Å². The van der Waals surface area contributed by atoms with E-state index in [1.807, 2.05) is 0 Å². The zero-order chi connectivity index (χ0) is 16.3. The molecule has 1 saturated heterocycles. The molecule has 2 amide bonds. The molecule has 1 aromatic rings. The van der Waals surface area contributed by atoms with Gasteiger partial charge in [0.25, 0.3) is 11.1 Å². The minimum absolute atomic E-state index is 0.241. The van der Waals surface area contributed by atoms with Gasteiger partial charge in [0, 0.05) is 5.56 Å². The molecule has 0 aromatic heterocycles. The van der Waals surface area contributed by atoms with Gasteiger partial charge in [0.1, 0.15) is 11.8 Å². The number of amides is 2. The van der Waals surface area contributed by atoms with E-state index in [4.69, 9.17) is 4.74 Å². The average Bonchev–Trinajstić information content (AvgIpc) is 2.80. The van der Waals surface area contributed by atoms with Crippen LogP contribution in [0.1, 0.15) is 12.5 Å². The van der Waals surface area contributed by atoms with Gasteiger partial charge >= 0.3 is 5.97 Å². The van der Waals surface area contributed by atoms with Crippen molar-refractivity contribution in [2.24, 2.45) is 0 Å². The fraction of sp³-hybridized carbons (Fsp3) is 0.267. The molecular formula is C15H15NO5S. The molecule has 116 valence electrons. The van der Waals surface area contributed by atoms with Gasteiger partial charge in [-0.1, -0.05) is 18.2 Å². The number of para-hydroxylation sites is 1. The lowest BCUT2D eigenvalue weighted by atomic mass is 10.2. The summed E-state index contributed by atoms with van der Waals surface area (Å²) in [6.07, 6.45) is 1.58. The molecule has 0 bridgehead atoms. The fourth-order valence-electron chi connectivity index (χ4n) is 2.02. The Morgan fingerprint density at radius 2 is 1.95 bits per heavy atom. The van der Waals surface area contributed by atoms with Gasteiger partial charge in [-0.25, -0.2) is 4.79 Å². The van der Waals surface area contributed by atoms with Gasteiger partial charge < -0.3 is 9.47 Å². The number of imide groups is 1. The second-order valence-corrected chi connectivity index (χ2v) is 5.49. The Morgan fingerprint density at radius 1 is 1.27 bits per heavy atom. The van der Waals surface area contributed by atoms with Crippen LogP contribution in [0.5, 0.6) is 5.75 Å². The molecule has 6 nitrogen and oxygen atoms in total. The monoisotopic (exact) mass is 321 g/mol. The topological polar surface area (TPSA) is 72.9 Å². The van der Waals surface area contributed by atoms with Crippen LogP contribution in [-0.4, -0.2) is 42.3 Å². The highest BCUT2D eigenvalue weighted by Crippen LogP contribution is 2.35. The summed E-state index contributed by atoms with van der Waals surface area (Å²) in [7, 11) is 2.74. The predicted molar refractivity (Wildman–Crippen MR) is 82.3 cm³/mol.